The lowest BCUT2D eigenvalue weighted by Gasteiger charge is -2.22. The Morgan fingerprint density at radius 3 is 2.79 bits per heavy atom. The molecule has 0 aliphatic heterocycles. The summed E-state index contributed by atoms with van der Waals surface area (Å²) >= 11 is 0. The highest BCUT2D eigenvalue weighted by molar-refractivity contribution is 5.94. The summed E-state index contributed by atoms with van der Waals surface area (Å²) in [6.07, 6.45) is 9.46. The third kappa shape index (κ3) is 5.49. The maximum Gasteiger partial charge on any atom is 0.307 e. The zero-order chi connectivity index (χ0) is 17.2. The third-order valence-corrected chi connectivity index (χ3v) is 3.49. The van der Waals surface area contributed by atoms with Crippen LogP contribution >= 0.6 is 0 Å². The first-order valence-electron chi connectivity index (χ1n) is 8.01. The van der Waals surface area contributed by atoms with Crippen molar-refractivity contribution in [1.29, 1.82) is 0 Å². The van der Waals surface area contributed by atoms with Crippen LogP contribution in [-0.4, -0.2) is 51.0 Å². The average Bonchev–Trinajstić information content (AvgIpc) is 3.12. The van der Waals surface area contributed by atoms with E-state index in [1.54, 1.807) is 42.7 Å². The van der Waals surface area contributed by atoms with Crippen molar-refractivity contribution >= 4 is 11.9 Å². The van der Waals surface area contributed by atoms with Gasteiger partial charge in [-0.3, -0.25) is 14.6 Å². The summed E-state index contributed by atoms with van der Waals surface area (Å²) < 4.78 is 6.90. The van der Waals surface area contributed by atoms with Gasteiger partial charge in [-0.2, -0.15) is 0 Å². The fourth-order valence-corrected chi connectivity index (χ4v) is 2.31. The predicted molar refractivity (Wildman–Crippen MR) is 88.2 cm³/mol. The fraction of sp³-hybridized carbons (Fsp3) is 0.412. The second-order valence-electron chi connectivity index (χ2n) is 5.24. The molecule has 0 N–H and O–H groups in total. The summed E-state index contributed by atoms with van der Waals surface area (Å²) in [6, 6.07) is 3.45. The number of pyridine rings is 1. The van der Waals surface area contributed by atoms with Gasteiger partial charge in [-0.1, -0.05) is 0 Å². The Hall–Kier alpha value is -2.70. The van der Waals surface area contributed by atoms with Gasteiger partial charge in [0.25, 0.3) is 5.91 Å². The maximum atomic E-state index is 12.6. The van der Waals surface area contributed by atoms with Crippen LogP contribution in [0.1, 0.15) is 30.1 Å². The molecule has 0 saturated heterocycles. The third-order valence-electron chi connectivity index (χ3n) is 3.49. The van der Waals surface area contributed by atoms with Crippen molar-refractivity contribution in [2.24, 2.45) is 0 Å². The molecule has 0 bridgehead atoms. The lowest BCUT2D eigenvalue weighted by Crippen LogP contribution is -2.34. The van der Waals surface area contributed by atoms with E-state index in [9.17, 15) is 9.59 Å². The normalized spacial score (nSPS) is 10.4. The molecular formula is C17H22N4O3. The lowest BCUT2D eigenvalue weighted by atomic mass is 10.2. The van der Waals surface area contributed by atoms with Gasteiger partial charge in [0, 0.05) is 44.4 Å². The molecule has 1 amide bonds. The van der Waals surface area contributed by atoms with Crippen molar-refractivity contribution in [1.82, 2.24) is 19.4 Å². The molecule has 0 fully saturated rings. The van der Waals surface area contributed by atoms with E-state index in [0.29, 0.717) is 25.3 Å². The molecule has 0 radical (unpaired) electrons. The molecule has 0 atom stereocenters. The van der Waals surface area contributed by atoms with Crippen LogP contribution in [0.3, 0.4) is 0 Å². The average molecular weight is 330 g/mol. The quantitative estimate of drug-likeness (QED) is 0.655. The van der Waals surface area contributed by atoms with Gasteiger partial charge in [0.15, 0.2) is 0 Å². The summed E-state index contributed by atoms with van der Waals surface area (Å²) in [5, 5.41) is 0. The molecule has 2 aromatic rings. The Kier molecular flexibility index (Phi) is 6.94. The van der Waals surface area contributed by atoms with Crippen LogP contribution in [0, 0.1) is 0 Å². The van der Waals surface area contributed by atoms with E-state index in [1.165, 1.54) is 6.20 Å². The smallest absolute Gasteiger partial charge is 0.307 e. The van der Waals surface area contributed by atoms with Gasteiger partial charge in [0.2, 0.25) is 0 Å². The predicted octanol–water partition coefficient (Wildman–Crippen LogP) is 1.76. The van der Waals surface area contributed by atoms with Gasteiger partial charge in [-0.05, 0) is 25.5 Å². The van der Waals surface area contributed by atoms with Gasteiger partial charge in [0.05, 0.1) is 24.9 Å². The molecule has 2 heterocycles. The van der Waals surface area contributed by atoms with Crippen LogP contribution < -0.4 is 0 Å². The maximum absolute atomic E-state index is 12.6. The number of aryl methyl sites for hydroxylation is 1. The second-order valence-corrected chi connectivity index (χ2v) is 5.24. The zero-order valence-electron chi connectivity index (χ0n) is 13.8. The van der Waals surface area contributed by atoms with Gasteiger partial charge < -0.3 is 14.2 Å². The number of rotatable bonds is 9. The number of amides is 1. The van der Waals surface area contributed by atoms with E-state index in [4.69, 9.17) is 4.74 Å². The molecule has 24 heavy (non-hydrogen) atoms. The molecule has 128 valence electrons. The number of hydrogen-bond donors (Lipinski definition) is 0. The first kappa shape index (κ1) is 17.7. The summed E-state index contributed by atoms with van der Waals surface area (Å²) in [5.74, 6) is -0.422. The molecule has 0 aromatic carbocycles. The van der Waals surface area contributed by atoms with Crippen molar-refractivity contribution in [3.8, 4) is 0 Å². The molecule has 0 spiro atoms. The van der Waals surface area contributed by atoms with E-state index >= 15 is 0 Å². The Morgan fingerprint density at radius 2 is 2.12 bits per heavy atom. The minimum atomic E-state index is -0.295. The standard InChI is InChI=1S/C17H22N4O3/c1-2-24-16(22)6-11-21(10-4-9-20-12-8-19-14-20)17(23)15-5-3-7-18-13-15/h3,5,7-8,12-14H,2,4,6,9-11H2,1H3. The monoisotopic (exact) mass is 330 g/mol. The SMILES string of the molecule is CCOC(=O)CCN(CCCn1ccnc1)C(=O)c1cccnc1. The molecule has 0 aliphatic rings. The Labute approximate surface area is 141 Å². The lowest BCUT2D eigenvalue weighted by molar-refractivity contribution is -0.143. The molecule has 0 unspecified atom stereocenters. The van der Waals surface area contributed by atoms with Crippen molar-refractivity contribution < 1.29 is 14.3 Å². The number of aromatic nitrogens is 3. The highest BCUT2D eigenvalue weighted by atomic mass is 16.5. The van der Waals surface area contributed by atoms with E-state index in [2.05, 4.69) is 9.97 Å². The van der Waals surface area contributed by atoms with Crippen molar-refractivity contribution in [2.45, 2.75) is 26.3 Å². The molecule has 7 heteroatoms. The highest BCUT2D eigenvalue weighted by Crippen LogP contribution is 2.06. The molecule has 7 nitrogen and oxygen atoms in total. The van der Waals surface area contributed by atoms with E-state index in [0.717, 1.165) is 13.0 Å². The van der Waals surface area contributed by atoms with Gasteiger partial charge >= 0.3 is 5.97 Å². The van der Waals surface area contributed by atoms with Crippen LogP contribution in [0.15, 0.2) is 43.2 Å². The fourth-order valence-electron chi connectivity index (χ4n) is 2.31. The first-order chi connectivity index (χ1) is 11.7. The number of esters is 1. The summed E-state index contributed by atoms with van der Waals surface area (Å²) in [4.78, 5) is 33.9. The van der Waals surface area contributed by atoms with Gasteiger partial charge in [-0.15, -0.1) is 0 Å². The van der Waals surface area contributed by atoms with Gasteiger partial charge in [-0.25, -0.2) is 4.98 Å². The summed E-state index contributed by atoms with van der Waals surface area (Å²) in [7, 11) is 0. The first-order valence-corrected chi connectivity index (χ1v) is 8.01. The van der Waals surface area contributed by atoms with Gasteiger partial charge in [0.1, 0.15) is 0 Å². The Bertz CT molecular complexity index is 629. The second kappa shape index (κ2) is 9.44. The molecule has 2 rings (SSSR count). The van der Waals surface area contributed by atoms with E-state index < -0.39 is 0 Å². The van der Waals surface area contributed by atoms with Crippen molar-refractivity contribution in [3.05, 3.63) is 48.8 Å². The number of imidazole rings is 1. The van der Waals surface area contributed by atoms with Crippen LogP contribution in [0.4, 0.5) is 0 Å². The van der Waals surface area contributed by atoms with Crippen molar-refractivity contribution in [2.75, 3.05) is 19.7 Å². The van der Waals surface area contributed by atoms with Crippen LogP contribution in [-0.2, 0) is 16.1 Å². The highest BCUT2D eigenvalue weighted by Gasteiger charge is 2.17. The number of carbonyl (C=O) groups excluding carboxylic acids is 2. The van der Waals surface area contributed by atoms with Crippen LogP contribution in [0.2, 0.25) is 0 Å². The summed E-state index contributed by atoms with van der Waals surface area (Å²) in [5.41, 5.74) is 0.518. The zero-order valence-corrected chi connectivity index (χ0v) is 13.8. The summed E-state index contributed by atoms with van der Waals surface area (Å²) in [6.45, 7) is 3.75. The van der Waals surface area contributed by atoms with Crippen LogP contribution in [0.5, 0.6) is 0 Å². The molecule has 2 aromatic heterocycles. The molecular weight excluding hydrogens is 308 g/mol. The molecule has 0 saturated carbocycles. The molecule has 0 aliphatic carbocycles. The van der Waals surface area contributed by atoms with E-state index in [-0.39, 0.29) is 18.3 Å². The minimum Gasteiger partial charge on any atom is -0.466 e. The number of ether oxygens (including phenoxy) is 1. The minimum absolute atomic E-state index is 0.127. The number of nitrogens with zero attached hydrogens (tertiary/aromatic N) is 4. The Morgan fingerprint density at radius 1 is 1.25 bits per heavy atom. The number of hydrogen-bond acceptors (Lipinski definition) is 5. The number of carbonyl (C=O) groups is 2. The van der Waals surface area contributed by atoms with E-state index in [1.807, 2.05) is 10.8 Å². The Balaban J connectivity index is 1.94. The largest absolute Gasteiger partial charge is 0.466 e. The van der Waals surface area contributed by atoms with Crippen LogP contribution in [0.25, 0.3) is 0 Å². The van der Waals surface area contributed by atoms with Crippen molar-refractivity contribution in [3.63, 3.8) is 0 Å². The topological polar surface area (TPSA) is 77.3 Å².